The molecule has 0 atom stereocenters. The fourth-order valence-electron chi connectivity index (χ4n) is 2.68. The molecule has 0 spiro atoms. The number of benzene rings is 1. The van der Waals surface area contributed by atoms with Crippen LogP contribution in [0.3, 0.4) is 0 Å². The van der Waals surface area contributed by atoms with Crippen LogP contribution in [-0.2, 0) is 6.54 Å². The summed E-state index contributed by atoms with van der Waals surface area (Å²) in [6.45, 7) is 6.55. The van der Waals surface area contributed by atoms with Crippen LogP contribution >= 0.6 is 0 Å². The number of rotatable bonds is 6. The fourth-order valence-corrected chi connectivity index (χ4v) is 2.68. The largest absolute Gasteiger partial charge is 0.399 e. The van der Waals surface area contributed by atoms with Gasteiger partial charge in [-0.3, -0.25) is 9.98 Å². The van der Waals surface area contributed by atoms with E-state index in [1.165, 1.54) is 31.2 Å². The van der Waals surface area contributed by atoms with Crippen LogP contribution in [0.15, 0.2) is 34.3 Å². The zero-order chi connectivity index (χ0) is 15.8. The van der Waals surface area contributed by atoms with Crippen molar-refractivity contribution in [3.63, 3.8) is 0 Å². The highest BCUT2D eigenvalue weighted by Gasteiger charge is 2.13. The molecule has 120 valence electrons. The summed E-state index contributed by atoms with van der Waals surface area (Å²) >= 11 is 0. The third kappa shape index (κ3) is 5.88. The van der Waals surface area contributed by atoms with E-state index in [9.17, 15) is 0 Å². The Morgan fingerprint density at radius 3 is 2.50 bits per heavy atom. The van der Waals surface area contributed by atoms with Crippen LogP contribution in [0.5, 0.6) is 0 Å². The van der Waals surface area contributed by atoms with E-state index in [1.54, 1.807) is 0 Å². The number of hydrogen-bond acceptors (Lipinski definition) is 3. The monoisotopic (exact) mass is 300 g/mol. The maximum atomic E-state index is 5.68. The summed E-state index contributed by atoms with van der Waals surface area (Å²) in [6.07, 6.45) is 5.47. The molecule has 1 aliphatic rings. The van der Waals surface area contributed by atoms with Gasteiger partial charge in [0.15, 0.2) is 0 Å². The van der Waals surface area contributed by atoms with E-state index in [0.29, 0.717) is 6.54 Å². The van der Waals surface area contributed by atoms with Gasteiger partial charge in [-0.2, -0.15) is 0 Å². The van der Waals surface area contributed by atoms with Crippen LogP contribution in [0.4, 0.5) is 5.69 Å². The lowest BCUT2D eigenvalue weighted by Crippen LogP contribution is -2.26. The molecule has 0 amide bonds. The number of nitrogens with zero attached hydrogens (tertiary/aromatic N) is 2. The van der Waals surface area contributed by atoms with E-state index in [0.717, 1.165) is 36.2 Å². The van der Waals surface area contributed by atoms with E-state index in [2.05, 4.69) is 17.2 Å². The van der Waals surface area contributed by atoms with Crippen molar-refractivity contribution < 1.29 is 0 Å². The SMILES string of the molecule is CC(CNC(C)=NCc1ccc(N)cc1)=NCC1CCCC1. The molecule has 1 aromatic carbocycles. The van der Waals surface area contributed by atoms with Crippen LogP contribution in [-0.4, -0.2) is 24.6 Å². The van der Waals surface area contributed by atoms with Crippen molar-refractivity contribution in [2.45, 2.75) is 46.1 Å². The van der Waals surface area contributed by atoms with Gasteiger partial charge in [0.2, 0.25) is 0 Å². The second-order valence-corrected chi connectivity index (χ2v) is 6.22. The Bertz CT molecular complexity index is 510. The average Bonchev–Trinajstić information content (AvgIpc) is 3.04. The maximum Gasteiger partial charge on any atom is 0.0938 e. The summed E-state index contributed by atoms with van der Waals surface area (Å²) in [6, 6.07) is 7.85. The maximum absolute atomic E-state index is 5.68. The van der Waals surface area contributed by atoms with Gasteiger partial charge in [0, 0.05) is 17.9 Å². The van der Waals surface area contributed by atoms with Gasteiger partial charge in [0.05, 0.1) is 18.9 Å². The molecule has 3 N–H and O–H groups in total. The van der Waals surface area contributed by atoms with Crippen molar-refractivity contribution in [2.24, 2.45) is 15.9 Å². The van der Waals surface area contributed by atoms with Crippen molar-refractivity contribution in [3.8, 4) is 0 Å². The van der Waals surface area contributed by atoms with E-state index in [-0.39, 0.29) is 0 Å². The molecule has 22 heavy (non-hydrogen) atoms. The molecule has 0 unspecified atom stereocenters. The standard InChI is InChI=1S/C18H28N4/c1-14(20-12-16-5-3-4-6-16)11-21-15(2)22-13-17-7-9-18(19)10-8-17/h7-10,16H,3-6,11-13,19H2,1-2H3,(H,21,22). The Kier molecular flexibility index (Phi) is 6.44. The summed E-state index contributed by atoms with van der Waals surface area (Å²) in [7, 11) is 0. The molecule has 0 aliphatic heterocycles. The summed E-state index contributed by atoms with van der Waals surface area (Å²) < 4.78 is 0. The highest BCUT2D eigenvalue weighted by atomic mass is 15.0. The van der Waals surface area contributed by atoms with Crippen molar-refractivity contribution in [3.05, 3.63) is 29.8 Å². The molecule has 0 saturated heterocycles. The lowest BCUT2D eigenvalue weighted by atomic mass is 10.1. The predicted molar refractivity (Wildman–Crippen MR) is 95.6 cm³/mol. The topological polar surface area (TPSA) is 62.8 Å². The lowest BCUT2D eigenvalue weighted by molar-refractivity contribution is 0.563. The normalized spacial score (nSPS) is 17.0. The van der Waals surface area contributed by atoms with Gasteiger partial charge < -0.3 is 11.1 Å². The lowest BCUT2D eigenvalue weighted by Gasteiger charge is -2.08. The Balaban J connectivity index is 1.71. The van der Waals surface area contributed by atoms with Crippen LogP contribution in [0, 0.1) is 5.92 Å². The van der Waals surface area contributed by atoms with Crippen molar-refractivity contribution in [1.29, 1.82) is 0 Å². The Hall–Kier alpha value is -1.84. The van der Waals surface area contributed by atoms with Gasteiger partial charge in [-0.15, -0.1) is 0 Å². The minimum absolute atomic E-state index is 0.678. The van der Waals surface area contributed by atoms with Crippen LogP contribution < -0.4 is 11.1 Å². The summed E-state index contributed by atoms with van der Waals surface area (Å²) in [5.74, 6) is 1.77. The van der Waals surface area contributed by atoms with Gasteiger partial charge in [0.1, 0.15) is 0 Å². The van der Waals surface area contributed by atoms with Crippen LogP contribution in [0.1, 0.15) is 45.1 Å². The molecule has 1 aromatic rings. The Morgan fingerprint density at radius 1 is 1.14 bits per heavy atom. The molecule has 0 heterocycles. The summed E-state index contributed by atoms with van der Waals surface area (Å²) in [4.78, 5) is 9.23. The van der Waals surface area contributed by atoms with Gasteiger partial charge >= 0.3 is 0 Å². The first-order valence-corrected chi connectivity index (χ1v) is 8.23. The molecular weight excluding hydrogens is 272 g/mol. The van der Waals surface area contributed by atoms with Crippen molar-refractivity contribution >= 4 is 17.2 Å². The van der Waals surface area contributed by atoms with E-state index in [1.807, 2.05) is 31.2 Å². The minimum atomic E-state index is 0.678. The van der Waals surface area contributed by atoms with E-state index < -0.39 is 0 Å². The first-order chi connectivity index (χ1) is 10.6. The first-order valence-electron chi connectivity index (χ1n) is 8.23. The number of nitrogens with one attached hydrogen (secondary N) is 1. The second-order valence-electron chi connectivity index (χ2n) is 6.22. The molecule has 4 nitrogen and oxygen atoms in total. The third-order valence-corrected chi connectivity index (χ3v) is 4.17. The van der Waals surface area contributed by atoms with Crippen molar-refractivity contribution in [2.75, 3.05) is 18.8 Å². The number of nitrogens with two attached hydrogens (primary N) is 1. The Morgan fingerprint density at radius 2 is 1.82 bits per heavy atom. The highest BCUT2D eigenvalue weighted by Crippen LogP contribution is 2.24. The van der Waals surface area contributed by atoms with Gasteiger partial charge in [0.25, 0.3) is 0 Å². The van der Waals surface area contributed by atoms with Crippen LogP contribution in [0.25, 0.3) is 0 Å². The number of nitrogen functional groups attached to an aromatic ring is 1. The molecular formula is C18H28N4. The predicted octanol–water partition coefficient (Wildman–Crippen LogP) is 3.43. The molecule has 0 radical (unpaired) electrons. The molecule has 0 aromatic heterocycles. The number of hydrogen-bond donors (Lipinski definition) is 2. The Labute approximate surface area is 133 Å². The zero-order valence-corrected chi connectivity index (χ0v) is 13.8. The number of aliphatic imine (C=N–C) groups is 2. The van der Waals surface area contributed by atoms with E-state index >= 15 is 0 Å². The van der Waals surface area contributed by atoms with Gasteiger partial charge in [-0.1, -0.05) is 25.0 Å². The number of amidine groups is 1. The summed E-state index contributed by atoms with van der Waals surface area (Å²) in [5, 5.41) is 3.33. The minimum Gasteiger partial charge on any atom is -0.399 e. The third-order valence-electron chi connectivity index (χ3n) is 4.17. The average molecular weight is 300 g/mol. The molecule has 1 fully saturated rings. The molecule has 4 heteroatoms. The fraction of sp³-hybridized carbons (Fsp3) is 0.556. The highest BCUT2D eigenvalue weighted by molar-refractivity contribution is 5.89. The molecule has 1 saturated carbocycles. The van der Waals surface area contributed by atoms with E-state index in [4.69, 9.17) is 10.7 Å². The number of anilines is 1. The molecule has 0 bridgehead atoms. The summed E-state index contributed by atoms with van der Waals surface area (Å²) in [5.41, 5.74) is 8.79. The van der Waals surface area contributed by atoms with Gasteiger partial charge in [-0.25, -0.2) is 0 Å². The smallest absolute Gasteiger partial charge is 0.0938 e. The quantitative estimate of drug-likeness (QED) is 0.480. The first kappa shape index (κ1) is 16.5. The van der Waals surface area contributed by atoms with Crippen LogP contribution in [0.2, 0.25) is 0 Å². The van der Waals surface area contributed by atoms with Crippen molar-refractivity contribution in [1.82, 2.24) is 5.32 Å². The second kappa shape index (κ2) is 8.57. The zero-order valence-electron chi connectivity index (χ0n) is 13.8. The molecule has 2 rings (SSSR count). The molecule has 1 aliphatic carbocycles. The van der Waals surface area contributed by atoms with Gasteiger partial charge in [-0.05, 0) is 50.3 Å².